The van der Waals surface area contributed by atoms with Crippen molar-refractivity contribution in [3.05, 3.63) is 30.6 Å². The molecule has 0 aromatic carbocycles. The van der Waals surface area contributed by atoms with E-state index in [0.717, 1.165) is 56.5 Å². The minimum atomic E-state index is -0.506. The third-order valence-corrected chi connectivity index (χ3v) is 7.45. The highest BCUT2D eigenvalue weighted by Gasteiger charge is 2.31. The first-order valence-corrected chi connectivity index (χ1v) is 14.5. The number of anilines is 1. The van der Waals surface area contributed by atoms with Crippen LogP contribution in [0.4, 0.5) is 10.7 Å². The Hall–Kier alpha value is -3.98. The lowest BCUT2D eigenvalue weighted by molar-refractivity contribution is -0.117. The van der Waals surface area contributed by atoms with Crippen molar-refractivity contribution in [2.24, 2.45) is 5.92 Å². The molecule has 2 amide bonds. The van der Waals surface area contributed by atoms with Gasteiger partial charge in [-0.05, 0) is 71.6 Å². The number of likely N-dealkylation sites (tertiary alicyclic amines) is 1. The number of nitrogens with zero attached hydrogens (tertiary/aromatic N) is 8. The summed E-state index contributed by atoms with van der Waals surface area (Å²) < 4.78 is 9.21. The number of piperidine rings is 1. The van der Waals surface area contributed by atoms with Crippen LogP contribution < -0.4 is 5.32 Å². The number of nitriles is 1. The second-order valence-corrected chi connectivity index (χ2v) is 11.9. The topological polar surface area (TPSA) is 134 Å². The van der Waals surface area contributed by atoms with Crippen LogP contribution in [0.1, 0.15) is 59.3 Å². The Morgan fingerprint density at radius 2 is 1.95 bits per heavy atom. The van der Waals surface area contributed by atoms with Gasteiger partial charge in [-0.25, -0.2) is 9.31 Å². The molecular weight excluding hydrogens is 522 g/mol. The maximum absolute atomic E-state index is 12.5. The summed E-state index contributed by atoms with van der Waals surface area (Å²) >= 11 is 0. The van der Waals surface area contributed by atoms with Crippen molar-refractivity contribution >= 4 is 23.6 Å². The fourth-order valence-corrected chi connectivity index (χ4v) is 5.16. The van der Waals surface area contributed by atoms with Gasteiger partial charge >= 0.3 is 6.09 Å². The lowest BCUT2D eigenvalue weighted by Crippen LogP contribution is -2.48. The van der Waals surface area contributed by atoms with E-state index in [4.69, 9.17) is 10.00 Å². The van der Waals surface area contributed by atoms with Crippen molar-refractivity contribution < 1.29 is 14.3 Å². The van der Waals surface area contributed by atoms with E-state index in [1.54, 1.807) is 9.42 Å². The van der Waals surface area contributed by atoms with E-state index in [2.05, 4.69) is 31.5 Å². The van der Waals surface area contributed by atoms with E-state index in [9.17, 15) is 9.59 Å². The number of hydrogen-bond acceptors (Lipinski definition) is 8. The lowest BCUT2D eigenvalue weighted by Gasteiger charge is -2.39. The Morgan fingerprint density at radius 3 is 2.66 bits per heavy atom. The van der Waals surface area contributed by atoms with E-state index in [-0.39, 0.29) is 17.9 Å². The monoisotopic (exact) mass is 561 g/mol. The van der Waals surface area contributed by atoms with Gasteiger partial charge in [-0.1, -0.05) is 6.07 Å². The first-order chi connectivity index (χ1) is 19.7. The summed E-state index contributed by atoms with van der Waals surface area (Å²) in [6.07, 6.45) is 8.46. The highest BCUT2D eigenvalue weighted by molar-refractivity contribution is 5.92. The van der Waals surface area contributed by atoms with Crippen LogP contribution >= 0.6 is 0 Å². The molecule has 12 heteroatoms. The molecule has 1 aliphatic carbocycles. The third kappa shape index (κ3) is 7.41. The van der Waals surface area contributed by atoms with E-state index in [0.29, 0.717) is 43.7 Å². The second-order valence-electron chi connectivity index (χ2n) is 11.9. The quantitative estimate of drug-likeness (QED) is 0.368. The van der Waals surface area contributed by atoms with Crippen LogP contribution in [0.15, 0.2) is 30.6 Å². The summed E-state index contributed by atoms with van der Waals surface area (Å²) in [6.45, 7) is 9.27. The molecule has 218 valence electrons. The summed E-state index contributed by atoms with van der Waals surface area (Å²) in [5, 5.41) is 21.0. The van der Waals surface area contributed by atoms with Gasteiger partial charge in [-0.2, -0.15) is 15.3 Å². The fourth-order valence-electron chi connectivity index (χ4n) is 5.16. The predicted octanol–water partition coefficient (Wildman–Crippen LogP) is 3.95. The highest BCUT2D eigenvalue weighted by atomic mass is 16.6. The van der Waals surface area contributed by atoms with E-state index >= 15 is 0 Å². The van der Waals surface area contributed by atoms with Crippen LogP contribution in [-0.4, -0.2) is 84.0 Å². The van der Waals surface area contributed by atoms with Crippen molar-refractivity contribution in [1.82, 2.24) is 34.2 Å². The molecule has 5 rings (SSSR count). The molecule has 1 saturated heterocycles. The van der Waals surface area contributed by atoms with Crippen LogP contribution in [0, 0.1) is 17.2 Å². The Kier molecular flexibility index (Phi) is 8.54. The number of aromatic nitrogens is 5. The van der Waals surface area contributed by atoms with Crippen LogP contribution in [-0.2, 0) is 16.1 Å². The van der Waals surface area contributed by atoms with Crippen LogP contribution in [0.5, 0.6) is 0 Å². The smallest absolute Gasteiger partial charge is 0.410 e. The predicted molar refractivity (Wildman–Crippen MR) is 153 cm³/mol. The number of hydrogen-bond donors (Lipinski definition) is 1. The number of carbonyl (C=O) groups is 2. The fraction of sp³-hybridized carbons (Fsp3) is 0.586. The molecule has 0 unspecified atom stereocenters. The molecule has 0 bridgehead atoms. The van der Waals surface area contributed by atoms with Crippen LogP contribution in [0.2, 0.25) is 0 Å². The Bertz CT molecular complexity index is 1400. The maximum atomic E-state index is 12.5. The van der Waals surface area contributed by atoms with Crippen molar-refractivity contribution in [1.29, 1.82) is 5.26 Å². The summed E-state index contributed by atoms with van der Waals surface area (Å²) in [6, 6.07) is 8.32. The molecule has 2 fully saturated rings. The Balaban J connectivity index is 1.21. The van der Waals surface area contributed by atoms with E-state index < -0.39 is 5.60 Å². The second kappa shape index (κ2) is 12.3. The van der Waals surface area contributed by atoms with Crippen molar-refractivity contribution in [3.63, 3.8) is 0 Å². The van der Waals surface area contributed by atoms with Crippen molar-refractivity contribution in [2.45, 2.75) is 77.5 Å². The van der Waals surface area contributed by atoms with Gasteiger partial charge < -0.3 is 9.64 Å². The molecule has 4 heterocycles. The van der Waals surface area contributed by atoms with Gasteiger partial charge in [0, 0.05) is 49.8 Å². The molecule has 0 spiro atoms. The molecule has 0 radical (unpaired) electrons. The summed E-state index contributed by atoms with van der Waals surface area (Å²) in [7, 11) is 0. The van der Waals surface area contributed by atoms with Crippen molar-refractivity contribution in [2.75, 3.05) is 31.5 Å². The average molecular weight is 562 g/mol. The largest absolute Gasteiger partial charge is 0.444 e. The van der Waals surface area contributed by atoms with Gasteiger partial charge in [-0.15, -0.1) is 5.10 Å². The first kappa shape index (κ1) is 28.5. The number of carbonyl (C=O) groups excluding carboxylic acids is 2. The Morgan fingerprint density at radius 1 is 1.17 bits per heavy atom. The number of unbranched alkanes of at least 4 members (excludes halogenated alkanes) is 1. The number of ether oxygens (including phenoxy) is 1. The van der Waals surface area contributed by atoms with Gasteiger partial charge in [0.15, 0.2) is 5.65 Å². The summed E-state index contributed by atoms with van der Waals surface area (Å²) in [5.41, 5.74) is 1.90. The maximum Gasteiger partial charge on any atom is 0.410 e. The highest BCUT2D eigenvalue weighted by Crippen LogP contribution is 2.30. The molecule has 41 heavy (non-hydrogen) atoms. The lowest BCUT2D eigenvalue weighted by atomic mass is 10.0. The Labute approximate surface area is 240 Å². The number of nitrogens with one attached hydrogen (secondary N) is 1. The standard InChI is InChI=1S/C29H39N9O3/c1-29(2,3)41-28(40)36-15-11-23(12-16-36)35(14-5-4-13-30)17-18-37-20-22(19-31-37)24-7-6-8-25-32-27(34-38(24)25)33-26(39)21-9-10-21/h6-8,19-21,23H,4-5,9-12,14-18H2,1-3H3,(H,33,34,39). The molecule has 1 saturated carbocycles. The summed E-state index contributed by atoms with van der Waals surface area (Å²) in [5.74, 6) is 0.369. The zero-order valence-corrected chi connectivity index (χ0v) is 24.1. The van der Waals surface area contributed by atoms with E-state index in [1.165, 1.54) is 0 Å². The normalized spacial score (nSPS) is 16.2. The summed E-state index contributed by atoms with van der Waals surface area (Å²) in [4.78, 5) is 33.4. The minimum absolute atomic E-state index is 0.0230. The molecule has 3 aromatic rings. The zero-order valence-electron chi connectivity index (χ0n) is 24.1. The van der Waals surface area contributed by atoms with Gasteiger partial charge in [0.1, 0.15) is 5.60 Å². The number of amides is 2. The molecule has 12 nitrogen and oxygen atoms in total. The molecular formula is C29H39N9O3. The van der Waals surface area contributed by atoms with Gasteiger partial charge in [0.2, 0.25) is 11.9 Å². The molecule has 0 atom stereocenters. The molecule has 1 aliphatic heterocycles. The molecule has 2 aliphatic rings. The number of fused-ring (bicyclic) bond motifs is 1. The average Bonchev–Trinajstić information content (AvgIpc) is 3.55. The number of pyridine rings is 1. The van der Waals surface area contributed by atoms with Crippen LogP contribution in [0.25, 0.3) is 16.9 Å². The first-order valence-electron chi connectivity index (χ1n) is 14.5. The van der Waals surface area contributed by atoms with Crippen molar-refractivity contribution in [3.8, 4) is 17.3 Å². The zero-order chi connectivity index (χ0) is 29.0. The van der Waals surface area contributed by atoms with Crippen LogP contribution in [0.3, 0.4) is 0 Å². The van der Waals surface area contributed by atoms with Gasteiger partial charge in [0.05, 0.1) is 24.5 Å². The number of rotatable bonds is 10. The molecule has 3 aromatic heterocycles. The molecule has 1 N–H and O–H groups in total. The van der Waals surface area contributed by atoms with E-state index in [1.807, 2.05) is 56.0 Å². The van der Waals surface area contributed by atoms with Gasteiger partial charge in [-0.3, -0.25) is 19.7 Å². The third-order valence-electron chi connectivity index (χ3n) is 7.45. The SMILES string of the molecule is CC(C)(C)OC(=O)N1CCC(N(CCCC#N)CCn2cc(-c3cccc4nc(NC(=O)C5CC5)nn34)cn2)CC1. The minimum Gasteiger partial charge on any atom is -0.444 e. The van der Waals surface area contributed by atoms with Gasteiger partial charge in [0.25, 0.3) is 0 Å².